The normalized spacial score (nSPS) is 11.8. The zero-order valence-electron chi connectivity index (χ0n) is 22.2. The van der Waals surface area contributed by atoms with Crippen molar-refractivity contribution in [2.24, 2.45) is 0 Å². The van der Waals surface area contributed by atoms with Gasteiger partial charge in [-0.3, -0.25) is 9.59 Å². The number of quaternary nitrogens is 1. The van der Waals surface area contributed by atoms with Crippen LogP contribution in [-0.4, -0.2) is 58.8 Å². The molecule has 35 heavy (non-hydrogen) atoms. The summed E-state index contributed by atoms with van der Waals surface area (Å²) in [7, 11) is 0. The topological polar surface area (TPSA) is 115 Å². The van der Waals surface area contributed by atoms with Gasteiger partial charge in [0.1, 0.15) is 0 Å². The molecule has 0 saturated heterocycles. The summed E-state index contributed by atoms with van der Waals surface area (Å²) in [5.41, 5.74) is 0. The van der Waals surface area contributed by atoms with Crippen LogP contribution in [0.1, 0.15) is 122 Å². The molecule has 7 nitrogen and oxygen atoms in total. The van der Waals surface area contributed by atoms with Crippen LogP contribution in [0.25, 0.3) is 0 Å². The van der Waals surface area contributed by atoms with Gasteiger partial charge in [-0.15, -0.1) is 0 Å². The van der Waals surface area contributed by atoms with Crippen LogP contribution in [0, 0.1) is 0 Å². The first-order valence-corrected chi connectivity index (χ1v) is 13.9. The molecule has 0 spiro atoms. The molecule has 0 rings (SSSR count). The van der Waals surface area contributed by atoms with Crippen LogP contribution in [0.2, 0.25) is 0 Å². The first-order chi connectivity index (χ1) is 16.8. The predicted molar refractivity (Wildman–Crippen MR) is 138 cm³/mol. The van der Waals surface area contributed by atoms with Gasteiger partial charge in [0.15, 0.2) is 0 Å². The van der Waals surface area contributed by atoms with Gasteiger partial charge in [0, 0.05) is 25.2 Å². The van der Waals surface area contributed by atoms with E-state index >= 15 is 0 Å². The van der Waals surface area contributed by atoms with E-state index in [2.05, 4.69) is 19.1 Å². The van der Waals surface area contributed by atoms with E-state index in [1.54, 1.807) is 0 Å². The van der Waals surface area contributed by atoms with Crippen LogP contribution in [0.5, 0.6) is 0 Å². The van der Waals surface area contributed by atoms with Gasteiger partial charge in [-0.1, -0.05) is 57.6 Å². The average Bonchev–Trinajstić information content (AvgIpc) is 2.78. The van der Waals surface area contributed by atoms with Gasteiger partial charge in [0.2, 0.25) is 0 Å². The van der Waals surface area contributed by atoms with Crippen molar-refractivity contribution in [3.8, 4) is 0 Å². The number of unbranched alkanes of at least 4 members (excludes halogenated alkanes) is 10. The van der Waals surface area contributed by atoms with E-state index in [-0.39, 0.29) is 19.3 Å². The van der Waals surface area contributed by atoms with Crippen molar-refractivity contribution < 1.29 is 34.2 Å². The molecule has 7 heteroatoms. The van der Waals surface area contributed by atoms with Crippen LogP contribution in [0.3, 0.4) is 0 Å². The number of hydrogen-bond donors (Lipinski definition) is 2. The summed E-state index contributed by atoms with van der Waals surface area (Å²) in [6.45, 7) is 4.97. The lowest BCUT2D eigenvalue weighted by molar-refractivity contribution is -0.929. The number of carbonyl (C=O) groups is 3. The predicted octanol–water partition coefficient (Wildman–Crippen LogP) is 5.32. The van der Waals surface area contributed by atoms with Crippen molar-refractivity contribution in [1.29, 1.82) is 0 Å². The summed E-state index contributed by atoms with van der Waals surface area (Å²) in [6, 6.07) is 0. The third kappa shape index (κ3) is 22.3. The maximum absolute atomic E-state index is 11.0. The molecule has 0 amide bonds. The Morgan fingerprint density at radius 1 is 0.600 bits per heavy atom. The van der Waals surface area contributed by atoms with Crippen molar-refractivity contribution in [3.05, 3.63) is 12.2 Å². The van der Waals surface area contributed by atoms with Crippen LogP contribution in [0.4, 0.5) is 0 Å². The molecule has 0 aromatic heterocycles. The molecule has 0 atom stereocenters. The van der Waals surface area contributed by atoms with Crippen molar-refractivity contribution in [3.63, 3.8) is 0 Å². The lowest BCUT2D eigenvalue weighted by atomic mass is 10.1. The highest BCUT2D eigenvalue weighted by molar-refractivity contribution is 5.66. The van der Waals surface area contributed by atoms with Gasteiger partial charge in [0.05, 0.1) is 39.0 Å². The second kappa shape index (κ2) is 22.6. The van der Waals surface area contributed by atoms with Crippen LogP contribution < -0.4 is 5.11 Å². The molecular formula is C28H51NO6. The summed E-state index contributed by atoms with van der Waals surface area (Å²) in [6.07, 6.45) is 20.8. The maximum atomic E-state index is 11.0. The van der Waals surface area contributed by atoms with Crippen molar-refractivity contribution >= 4 is 17.9 Å². The quantitative estimate of drug-likeness (QED) is 0.0949. The number of allylic oxidation sites excluding steroid dienone is 2. The summed E-state index contributed by atoms with van der Waals surface area (Å²) in [4.78, 5) is 32.9. The molecule has 0 aromatic rings. The standard InChI is InChI=1S/C28H51NO6/c1-2-3-4-5-6-7-8-9-10-11-12-13-14-15-22-29(23-16-19-26(30)31,24-17-20-27(32)33)25-18-21-28(34)35/h9-10H,2-8,11-25H2,1H3,(H2-,30,31,32,33,34,35)/b10-9+. The molecule has 0 unspecified atom stereocenters. The van der Waals surface area contributed by atoms with Crippen molar-refractivity contribution in [2.45, 2.75) is 122 Å². The minimum absolute atomic E-state index is 0.0249. The molecule has 0 radical (unpaired) electrons. The number of carboxylic acids is 3. The van der Waals surface area contributed by atoms with Crippen molar-refractivity contribution in [1.82, 2.24) is 0 Å². The fraction of sp³-hybridized carbons (Fsp3) is 0.821. The highest BCUT2D eigenvalue weighted by Gasteiger charge is 2.26. The van der Waals surface area contributed by atoms with Gasteiger partial charge >= 0.3 is 11.9 Å². The Morgan fingerprint density at radius 3 is 1.46 bits per heavy atom. The Balaban J connectivity index is 4.44. The smallest absolute Gasteiger partial charge is 0.303 e. The van der Waals surface area contributed by atoms with E-state index < -0.39 is 17.9 Å². The van der Waals surface area contributed by atoms with Gasteiger partial charge in [0.25, 0.3) is 0 Å². The number of nitrogens with zero attached hydrogens (tertiary/aromatic N) is 1. The minimum atomic E-state index is -1.08. The average molecular weight is 498 g/mol. The van der Waals surface area contributed by atoms with Gasteiger partial charge in [-0.25, -0.2) is 0 Å². The van der Waals surface area contributed by atoms with E-state index in [0.29, 0.717) is 43.4 Å². The summed E-state index contributed by atoms with van der Waals surface area (Å²) in [5.74, 6) is -2.76. The van der Waals surface area contributed by atoms with Crippen LogP contribution in [0.15, 0.2) is 12.2 Å². The van der Waals surface area contributed by atoms with E-state index in [1.807, 2.05) is 0 Å². The lowest BCUT2D eigenvalue weighted by Crippen LogP contribution is -2.51. The molecule has 0 aliphatic heterocycles. The second-order valence-corrected chi connectivity index (χ2v) is 9.94. The molecule has 0 fully saturated rings. The van der Waals surface area contributed by atoms with Gasteiger partial charge in [-0.2, -0.15) is 0 Å². The first kappa shape index (κ1) is 33.1. The maximum Gasteiger partial charge on any atom is 0.303 e. The molecule has 0 heterocycles. The fourth-order valence-corrected chi connectivity index (χ4v) is 4.70. The Morgan fingerprint density at radius 2 is 1.00 bits per heavy atom. The zero-order chi connectivity index (χ0) is 26.2. The molecule has 0 bridgehead atoms. The molecular weight excluding hydrogens is 446 g/mol. The third-order valence-electron chi connectivity index (χ3n) is 6.70. The molecule has 2 N–H and O–H groups in total. The molecule has 204 valence electrons. The number of rotatable bonds is 26. The molecule has 0 saturated carbocycles. The summed E-state index contributed by atoms with van der Waals surface area (Å²) in [5, 5.41) is 29.0. The highest BCUT2D eigenvalue weighted by Crippen LogP contribution is 2.18. The fourth-order valence-electron chi connectivity index (χ4n) is 4.70. The lowest BCUT2D eigenvalue weighted by Gasteiger charge is -2.39. The largest absolute Gasteiger partial charge is 0.550 e. The van der Waals surface area contributed by atoms with Gasteiger partial charge < -0.3 is 24.6 Å². The van der Waals surface area contributed by atoms with E-state index in [1.165, 1.54) is 44.9 Å². The molecule has 0 aliphatic rings. The Bertz CT molecular complexity index is 540. The van der Waals surface area contributed by atoms with Gasteiger partial charge in [-0.05, 0) is 44.9 Å². The monoisotopic (exact) mass is 497 g/mol. The van der Waals surface area contributed by atoms with Crippen LogP contribution in [-0.2, 0) is 14.4 Å². The third-order valence-corrected chi connectivity index (χ3v) is 6.70. The first-order valence-electron chi connectivity index (χ1n) is 13.9. The second-order valence-electron chi connectivity index (χ2n) is 9.94. The number of aliphatic carboxylic acids is 3. The SMILES string of the molecule is CCCCCCCC/C=C/CCCCCC[N+](CCCC(=O)[O-])(CCCC(=O)O)CCCC(=O)O. The van der Waals surface area contributed by atoms with E-state index in [4.69, 9.17) is 10.2 Å². The van der Waals surface area contributed by atoms with Crippen molar-refractivity contribution in [2.75, 3.05) is 26.2 Å². The molecule has 0 aromatic carbocycles. The summed E-state index contributed by atoms with van der Waals surface area (Å²) < 4.78 is 0.603. The van der Waals surface area contributed by atoms with E-state index in [0.717, 1.165) is 38.6 Å². The molecule has 0 aliphatic carbocycles. The Labute approximate surface area is 213 Å². The van der Waals surface area contributed by atoms with Crippen LogP contribution >= 0.6 is 0 Å². The summed E-state index contributed by atoms with van der Waals surface area (Å²) >= 11 is 0. The Kier molecular flexibility index (Phi) is 21.3. The zero-order valence-corrected chi connectivity index (χ0v) is 22.2. The number of hydrogen-bond acceptors (Lipinski definition) is 4. The number of carbonyl (C=O) groups excluding carboxylic acids is 1. The Hall–Kier alpha value is -1.89. The number of carboxylic acid groups (broad SMARTS) is 3. The minimum Gasteiger partial charge on any atom is -0.550 e. The highest BCUT2D eigenvalue weighted by atomic mass is 16.4. The van der Waals surface area contributed by atoms with E-state index in [9.17, 15) is 19.5 Å².